The van der Waals surface area contributed by atoms with E-state index in [-0.39, 0.29) is 0 Å². The van der Waals surface area contributed by atoms with Crippen LogP contribution in [0.4, 0.5) is 0 Å². The number of hydrogen-bond donors (Lipinski definition) is 1. The molecule has 5 heteroatoms. The van der Waals surface area contributed by atoms with Crippen molar-refractivity contribution in [3.05, 3.63) is 41.7 Å². The van der Waals surface area contributed by atoms with E-state index in [1.54, 1.807) is 0 Å². The van der Waals surface area contributed by atoms with Gasteiger partial charge in [0.25, 0.3) is 0 Å². The third-order valence-electron chi connectivity index (χ3n) is 3.01. The number of ether oxygens (including phenoxy) is 1. The Morgan fingerprint density at radius 1 is 1.30 bits per heavy atom. The minimum Gasteiger partial charge on any atom is -0.494 e. The molecule has 2 rings (SSSR count). The van der Waals surface area contributed by atoms with Crippen LogP contribution in [0.25, 0.3) is 0 Å². The van der Waals surface area contributed by atoms with Crippen LogP contribution in [-0.4, -0.2) is 28.1 Å². The van der Waals surface area contributed by atoms with E-state index in [1.165, 1.54) is 5.56 Å². The molecule has 1 heterocycles. The maximum absolute atomic E-state index is 5.70. The lowest BCUT2D eigenvalue weighted by molar-refractivity contribution is 0.298. The topological polar surface area (TPSA) is 66.0 Å². The summed E-state index contributed by atoms with van der Waals surface area (Å²) >= 11 is 0. The Bertz CT molecular complexity index is 524. The molecule has 0 fully saturated rings. The van der Waals surface area contributed by atoms with Crippen molar-refractivity contribution in [1.29, 1.82) is 0 Å². The van der Waals surface area contributed by atoms with Crippen molar-refractivity contribution in [3.8, 4) is 5.75 Å². The van der Waals surface area contributed by atoms with Crippen LogP contribution in [0.3, 0.4) is 0 Å². The van der Waals surface area contributed by atoms with Crippen molar-refractivity contribution in [2.24, 2.45) is 5.73 Å². The van der Waals surface area contributed by atoms with Crippen LogP contribution in [0.1, 0.15) is 24.1 Å². The fraction of sp³-hybridized carbons (Fsp3) is 0.467. The van der Waals surface area contributed by atoms with Gasteiger partial charge in [-0.05, 0) is 44.0 Å². The van der Waals surface area contributed by atoms with Crippen LogP contribution in [0.2, 0.25) is 0 Å². The Labute approximate surface area is 119 Å². The smallest absolute Gasteiger partial charge is 0.119 e. The zero-order valence-corrected chi connectivity index (χ0v) is 12.0. The lowest BCUT2D eigenvalue weighted by Gasteiger charge is -2.06. The fourth-order valence-corrected chi connectivity index (χ4v) is 1.97. The summed E-state index contributed by atoms with van der Waals surface area (Å²) in [6.45, 7) is 4.26. The molecule has 1 aromatic carbocycles. The van der Waals surface area contributed by atoms with Crippen molar-refractivity contribution in [3.63, 3.8) is 0 Å². The number of nitrogens with two attached hydrogens (primary N) is 1. The number of benzene rings is 1. The second-order valence-corrected chi connectivity index (χ2v) is 4.88. The van der Waals surface area contributed by atoms with Crippen LogP contribution in [0.15, 0.2) is 30.5 Å². The maximum atomic E-state index is 5.70. The van der Waals surface area contributed by atoms with Crippen LogP contribution in [-0.2, 0) is 13.0 Å². The Morgan fingerprint density at radius 3 is 3.00 bits per heavy atom. The molecular formula is C15H22N4O. The molecule has 0 amide bonds. The first kappa shape index (κ1) is 14.5. The minimum atomic E-state index is 0.682. The van der Waals surface area contributed by atoms with Crippen molar-refractivity contribution in [2.75, 3.05) is 13.2 Å². The highest BCUT2D eigenvalue weighted by Crippen LogP contribution is 2.12. The Hall–Kier alpha value is -1.88. The first-order valence-electron chi connectivity index (χ1n) is 7.06. The van der Waals surface area contributed by atoms with Gasteiger partial charge < -0.3 is 10.5 Å². The van der Waals surface area contributed by atoms with Crippen LogP contribution in [0.5, 0.6) is 5.75 Å². The van der Waals surface area contributed by atoms with Crippen LogP contribution in [0, 0.1) is 6.92 Å². The van der Waals surface area contributed by atoms with Crippen molar-refractivity contribution < 1.29 is 4.74 Å². The first-order valence-corrected chi connectivity index (χ1v) is 7.06. The maximum Gasteiger partial charge on any atom is 0.119 e. The summed E-state index contributed by atoms with van der Waals surface area (Å²) in [5.41, 5.74) is 7.70. The molecule has 2 N–H and O–H groups in total. The SMILES string of the molecule is Cc1cccc(OCCCn2cc(CCCN)nn2)c1. The van der Waals surface area contributed by atoms with Crippen molar-refractivity contribution >= 4 is 0 Å². The van der Waals surface area contributed by atoms with Crippen molar-refractivity contribution in [1.82, 2.24) is 15.0 Å². The van der Waals surface area contributed by atoms with Gasteiger partial charge in [0, 0.05) is 19.2 Å². The van der Waals surface area contributed by atoms with Gasteiger partial charge in [-0.15, -0.1) is 5.10 Å². The van der Waals surface area contributed by atoms with Gasteiger partial charge in [-0.25, -0.2) is 0 Å². The Balaban J connectivity index is 1.69. The molecule has 0 aliphatic rings. The summed E-state index contributed by atoms with van der Waals surface area (Å²) in [7, 11) is 0. The zero-order valence-electron chi connectivity index (χ0n) is 12.0. The number of aryl methyl sites for hydroxylation is 3. The molecule has 0 unspecified atom stereocenters. The molecule has 2 aromatic rings. The van der Waals surface area contributed by atoms with Gasteiger partial charge in [0.15, 0.2) is 0 Å². The second-order valence-electron chi connectivity index (χ2n) is 4.88. The van der Waals surface area contributed by atoms with E-state index in [0.717, 1.165) is 37.3 Å². The molecule has 0 bridgehead atoms. The zero-order chi connectivity index (χ0) is 14.2. The summed E-state index contributed by atoms with van der Waals surface area (Å²) in [6.07, 6.45) is 4.75. The first-order chi connectivity index (χ1) is 9.78. The highest BCUT2D eigenvalue weighted by Gasteiger charge is 2.00. The summed E-state index contributed by atoms with van der Waals surface area (Å²) in [6, 6.07) is 8.09. The van der Waals surface area contributed by atoms with Gasteiger partial charge in [0.1, 0.15) is 5.75 Å². The number of hydrogen-bond acceptors (Lipinski definition) is 4. The van der Waals surface area contributed by atoms with Gasteiger partial charge in [-0.3, -0.25) is 4.68 Å². The molecule has 0 aliphatic heterocycles. The average Bonchev–Trinajstić information content (AvgIpc) is 2.89. The highest BCUT2D eigenvalue weighted by molar-refractivity contribution is 5.27. The summed E-state index contributed by atoms with van der Waals surface area (Å²) in [5.74, 6) is 0.923. The van der Waals surface area contributed by atoms with Gasteiger partial charge in [0.2, 0.25) is 0 Å². The molecule has 0 saturated heterocycles. The molecule has 5 nitrogen and oxygen atoms in total. The Kier molecular flexibility index (Phi) is 5.55. The summed E-state index contributed by atoms with van der Waals surface area (Å²) < 4.78 is 7.57. The third kappa shape index (κ3) is 4.66. The second kappa shape index (κ2) is 7.65. The largest absolute Gasteiger partial charge is 0.494 e. The minimum absolute atomic E-state index is 0.682. The molecule has 20 heavy (non-hydrogen) atoms. The van der Waals surface area contributed by atoms with E-state index < -0.39 is 0 Å². The lowest BCUT2D eigenvalue weighted by Crippen LogP contribution is -2.05. The predicted molar refractivity (Wildman–Crippen MR) is 78.7 cm³/mol. The molecule has 0 radical (unpaired) electrons. The molecule has 0 saturated carbocycles. The third-order valence-corrected chi connectivity index (χ3v) is 3.01. The molecule has 0 atom stereocenters. The molecule has 108 valence electrons. The Morgan fingerprint density at radius 2 is 2.20 bits per heavy atom. The molecule has 1 aromatic heterocycles. The quantitative estimate of drug-likeness (QED) is 0.747. The van der Waals surface area contributed by atoms with Gasteiger partial charge in [-0.2, -0.15) is 0 Å². The molecule has 0 aliphatic carbocycles. The lowest BCUT2D eigenvalue weighted by atomic mass is 10.2. The fourth-order valence-electron chi connectivity index (χ4n) is 1.97. The van der Waals surface area contributed by atoms with Gasteiger partial charge in [-0.1, -0.05) is 17.3 Å². The number of rotatable bonds is 8. The molecule has 0 spiro atoms. The standard InChI is InChI=1S/C15H22N4O/c1-13-5-2-7-15(11-13)20-10-4-9-19-12-14(17-18-19)6-3-8-16/h2,5,7,11-12H,3-4,6,8-10,16H2,1H3. The van der Waals surface area contributed by atoms with E-state index in [1.807, 2.05) is 29.1 Å². The number of nitrogens with zero attached hydrogens (tertiary/aromatic N) is 3. The van der Waals surface area contributed by atoms with Gasteiger partial charge >= 0.3 is 0 Å². The highest BCUT2D eigenvalue weighted by atomic mass is 16.5. The predicted octanol–water partition coefficient (Wildman–Crippen LogP) is 1.95. The molecular weight excluding hydrogens is 252 g/mol. The average molecular weight is 274 g/mol. The van der Waals surface area contributed by atoms with Crippen molar-refractivity contribution in [2.45, 2.75) is 32.7 Å². The number of aromatic nitrogens is 3. The van der Waals surface area contributed by atoms with E-state index in [2.05, 4.69) is 23.3 Å². The summed E-state index contributed by atoms with van der Waals surface area (Å²) in [5, 5.41) is 8.22. The van der Waals surface area contributed by atoms with E-state index in [0.29, 0.717) is 13.2 Å². The van der Waals surface area contributed by atoms with Gasteiger partial charge in [0.05, 0.1) is 12.3 Å². The monoisotopic (exact) mass is 274 g/mol. The van der Waals surface area contributed by atoms with E-state index in [4.69, 9.17) is 10.5 Å². The normalized spacial score (nSPS) is 10.7. The van der Waals surface area contributed by atoms with Crippen LogP contribution >= 0.6 is 0 Å². The van der Waals surface area contributed by atoms with E-state index in [9.17, 15) is 0 Å². The van der Waals surface area contributed by atoms with E-state index >= 15 is 0 Å². The van der Waals surface area contributed by atoms with Crippen LogP contribution < -0.4 is 10.5 Å². The summed E-state index contributed by atoms with van der Waals surface area (Å²) in [4.78, 5) is 0.